The highest BCUT2D eigenvalue weighted by Gasteiger charge is 2.38. The highest BCUT2D eigenvalue weighted by Crippen LogP contribution is 2.33. The van der Waals surface area contributed by atoms with E-state index in [1.165, 1.54) is 12.1 Å². The summed E-state index contributed by atoms with van der Waals surface area (Å²) in [6.45, 7) is 2.13. The normalized spacial score (nSPS) is 17.5. The van der Waals surface area contributed by atoms with Crippen molar-refractivity contribution >= 4 is 39.1 Å². The Morgan fingerprint density at radius 1 is 1.29 bits per heavy atom. The van der Waals surface area contributed by atoms with Gasteiger partial charge in [-0.25, -0.2) is 0 Å². The van der Waals surface area contributed by atoms with Crippen LogP contribution in [0.1, 0.15) is 24.9 Å². The third-order valence-corrected chi connectivity index (χ3v) is 5.78. The van der Waals surface area contributed by atoms with Crippen LogP contribution in [0.4, 0.5) is 11.4 Å². The van der Waals surface area contributed by atoms with Crippen molar-refractivity contribution in [3.63, 3.8) is 0 Å². The quantitative estimate of drug-likeness (QED) is 0.515. The molecule has 8 heteroatoms. The number of hydrogen-bond acceptors (Lipinski definition) is 4. The van der Waals surface area contributed by atoms with E-state index < -0.39 is 10.8 Å². The Labute approximate surface area is 171 Å². The van der Waals surface area contributed by atoms with Gasteiger partial charge >= 0.3 is 0 Å². The molecule has 0 aromatic heterocycles. The van der Waals surface area contributed by atoms with Crippen molar-refractivity contribution in [2.24, 2.45) is 5.92 Å². The summed E-state index contributed by atoms with van der Waals surface area (Å²) in [7, 11) is 1.66. The van der Waals surface area contributed by atoms with Crippen LogP contribution < -0.4 is 4.90 Å². The Balaban J connectivity index is 1.75. The van der Waals surface area contributed by atoms with Crippen LogP contribution in [0.5, 0.6) is 0 Å². The summed E-state index contributed by atoms with van der Waals surface area (Å²) in [5.41, 5.74) is 1.41. The maximum atomic E-state index is 13.0. The number of halogens is 1. The lowest BCUT2D eigenvalue weighted by Gasteiger charge is -2.28. The van der Waals surface area contributed by atoms with E-state index in [0.717, 1.165) is 10.2 Å². The zero-order valence-electron chi connectivity index (χ0n) is 15.5. The van der Waals surface area contributed by atoms with Crippen molar-refractivity contribution in [1.29, 1.82) is 0 Å². The van der Waals surface area contributed by atoms with Gasteiger partial charge in [0.1, 0.15) is 0 Å². The molecule has 3 rings (SSSR count). The molecule has 7 nitrogen and oxygen atoms in total. The number of non-ortho nitro benzene ring substituents is 1. The maximum absolute atomic E-state index is 13.0. The third kappa shape index (κ3) is 3.91. The largest absolute Gasteiger partial charge is 0.339 e. The van der Waals surface area contributed by atoms with Crippen LogP contribution in [-0.2, 0) is 9.59 Å². The average molecular weight is 446 g/mol. The summed E-state index contributed by atoms with van der Waals surface area (Å²) in [5.74, 6) is -0.700. The standard InChI is InChI=1S/C20H20BrN3O4/c1-13(14-6-5-7-16(10-14)24(27)28)22(2)20(26)15-11-19(25)23(12-15)18-9-4-3-8-17(18)21/h3-10,13,15H,11-12H2,1-2H3/t13-,15-/m1/s1. The molecule has 1 aliphatic rings. The molecule has 2 atom stereocenters. The molecule has 1 heterocycles. The van der Waals surface area contributed by atoms with Gasteiger partial charge in [-0.15, -0.1) is 0 Å². The minimum absolute atomic E-state index is 0.0126. The number of amides is 2. The molecule has 28 heavy (non-hydrogen) atoms. The highest BCUT2D eigenvalue weighted by atomic mass is 79.9. The maximum Gasteiger partial charge on any atom is 0.269 e. The van der Waals surface area contributed by atoms with E-state index in [9.17, 15) is 19.7 Å². The minimum atomic E-state index is -0.455. The van der Waals surface area contributed by atoms with Gasteiger partial charge < -0.3 is 9.80 Å². The lowest BCUT2D eigenvalue weighted by atomic mass is 10.0. The van der Waals surface area contributed by atoms with Gasteiger partial charge in [-0.05, 0) is 40.5 Å². The smallest absolute Gasteiger partial charge is 0.269 e. The lowest BCUT2D eigenvalue weighted by molar-refractivity contribution is -0.384. The Hall–Kier alpha value is -2.74. The monoisotopic (exact) mass is 445 g/mol. The average Bonchev–Trinajstić information content (AvgIpc) is 3.08. The van der Waals surface area contributed by atoms with E-state index in [-0.39, 0.29) is 30.0 Å². The number of rotatable bonds is 5. The molecule has 146 valence electrons. The first-order valence-electron chi connectivity index (χ1n) is 8.85. The summed E-state index contributed by atoms with van der Waals surface area (Å²) in [4.78, 5) is 39.2. The van der Waals surface area contributed by atoms with Gasteiger partial charge in [-0.1, -0.05) is 24.3 Å². The van der Waals surface area contributed by atoms with E-state index in [4.69, 9.17) is 0 Å². The summed E-state index contributed by atoms with van der Waals surface area (Å²) in [6.07, 6.45) is 0.145. The molecule has 0 bridgehead atoms. The predicted molar refractivity (Wildman–Crippen MR) is 109 cm³/mol. The number of nitrogens with zero attached hydrogens (tertiary/aromatic N) is 3. The molecule has 2 aromatic rings. The molecule has 0 radical (unpaired) electrons. The fourth-order valence-electron chi connectivity index (χ4n) is 3.38. The lowest BCUT2D eigenvalue weighted by Crippen LogP contribution is -2.36. The number of para-hydroxylation sites is 1. The molecule has 1 aliphatic heterocycles. The van der Waals surface area contributed by atoms with Crippen molar-refractivity contribution in [2.45, 2.75) is 19.4 Å². The molecular formula is C20H20BrN3O4. The number of carbonyl (C=O) groups excluding carboxylic acids is 2. The fraction of sp³-hybridized carbons (Fsp3) is 0.300. The van der Waals surface area contributed by atoms with Crippen LogP contribution in [-0.4, -0.2) is 35.2 Å². The summed E-state index contributed by atoms with van der Waals surface area (Å²) >= 11 is 3.45. The second kappa shape index (κ2) is 8.10. The van der Waals surface area contributed by atoms with E-state index in [1.807, 2.05) is 31.2 Å². The first-order chi connectivity index (χ1) is 13.3. The highest BCUT2D eigenvalue weighted by molar-refractivity contribution is 9.10. The van der Waals surface area contributed by atoms with Crippen molar-refractivity contribution in [2.75, 3.05) is 18.5 Å². The third-order valence-electron chi connectivity index (χ3n) is 5.11. The molecule has 2 aromatic carbocycles. The molecule has 2 amide bonds. The van der Waals surface area contributed by atoms with Crippen LogP contribution in [0, 0.1) is 16.0 Å². The number of anilines is 1. The van der Waals surface area contributed by atoms with Gasteiger partial charge in [0.05, 0.1) is 22.6 Å². The zero-order valence-corrected chi connectivity index (χ0v) is 17.1. The molecule has 0 unspecified atom stereocenters. The van der Waals surface area contributed by atoms with Crippen LogP contribution in [0.15, 0.2) is 53.0 Å². The number of carbonyl (C=O) groups is 2. The van der Waals surface area contributed by atoms with Crippen molar-refractivity contribution in [1.82, 2.24) is 4.90 Å². The molecular weight excluding hydrogens is 426 g/mol. The van der Waals surface area contributed by atoms with Gasteiger partial charge in [0, 0.05) is 36.6 Å². The second-order valence-corrected chi connectivity index (χ2v) is 7.69. The van der Waals surface area contributed by atoms with Crippen LogP contribution in [0.2, 0.25) is 0 Å². The molecule has 0 saturated carbocycles. The van der Waals surface area contributed by atoms with Gasteiger partial charge in [0.2, 0.25) is 11.8 Å². The Morgan fingerprint density at radius 2 is 2.00 bits per heavy atom. The molecule has 0 N–H and O–H groups in total. The molecule has 1 saturated heterocycles. The van der Waals surface area contributed by atoms with Crippen molar-refractivity contribution in [3.05, 3.63) is 68.7 Å². The summed E-state index contributed by atoms with van der Waals surface area (Å²) in [5, 5.41) is 11.0. The van der Waals surface area contributed by atoms with Crippen molar-refractivity contribution in [3.8, 4) is 0 Å². The van der Waals surface area contributed by atoms with E-state index in [1.54, 1.807) is 29.0 Å². The van der Waals surface area contributed by atoms with Gasteiger partial charge in [-0.3, -0.25) is 19.7 Å². The topological polar surface area (TPSA) is 83.8 Å². The van der Waals surface area contributed by atoms with E-state index >= 15 is 0 Å². The number of benzene rings is 2. The summed E-state index contributed by atoms with van der Waals surface area (Å²) < 4.78 is 0.801. The van der Waals surface area contributed by atoms with Crippen LogP contribution in [0.25, 0.3) is 0 Å². The molecule has 1 fully saturated rings. The first-order valence-corrected chi connectivity index (χ1v) is 9.64. The first kappa shape index (κ1) is 20.0. The minimum Gasteiger partial charge on any atom is -0.339 e. The fourth-order valence-corrected chi connectivity index (χ4v) is 3.88. The Bertz CT molecular complexity index is 933. The summed E-state index contributed by atoms with van der Waals surface area (Å²) in [6, 6.07) is 13.3. The molecule has 0 spiro atoms. The molecule has 0 aliphatic carbocycles. The number of nitro groups is 1. The van der Waals surface area contributed by atoms with E-state index in [2.05, 4.69) is 15.9 Å². The predicted octanol–water partition coefficient (Wildman–Crippen LogP) is 3.93. The zero-order chi connectivity index (χ0) is 20.4. The second-order valence-electron chi connectivity index (χ2n) is 6.83. The van der Waals surface area contributed by atoms with Crippen LogP contribution >= 0.6 is 15.9 Å². The van der Waals surface area contributed by atoms with E-state index in [0.29, 0.717) is 12.1 Å². The Morgan fingerprint density at radius 3 is 2.68 bits per heavy atom. The van der Waals surface area contributed by atoms with Gasteiger partial charge in [0.25, 0.3) is 5.69 Å². The number of hydrogen-bond donors (Lipinski definition) is 0. The van der Waals surface area contributed by atoms with Gasteiger partial charge in [-0.2, -0.15) is 0 Å². The van der Waals surface area contributed by atoms with Crippen molar-refractivity contribution < 1.29 is 14.5 Å². The number of nitro benzene ring substituents is 1. The van der Waals surface area contributed by atoms with Gasteiger partial charge in [0.15, 0.2) is 0 Å². The van der Waals surface area contributed by atoms with Crippen LogP contribution in [0.3, 0.4) is 0 Å². The Kier molecular flexibility index (Phi) is 5.79. The SMILES string of the molecule is C[C@H](c1cccc([N+](=O)[O-])c1)N(C)C(=O)[C@@H]1CC(=O)N(c2ccccc2Br)C1.